The Bertz CT molecular complexity index is 1370. The van der Waals surface area contributed by atoms with E-state index in [-0.39, 0.29) is 20.7 Å². The van der Waals surface area contributed by atoms with Gasteiger partial charge in [0.2, 0.25) is 15.7 Å². The molecule has 3 aromatic rings. The summed E-state index contributed by atoms with van der Waals surface area (Å²) >= 11 is 6.73. The van der Waals surface area contributed by atoms with Crippen molar-refractivity contribution in [2.24, 2.45) is 0 Å². The van der Waals surface area contributed by atoms with Crippen LogP contribution in [0.3, 0.4) is 0 Å². The molecule has 0 aliphatic heterocycles. The summed E-state index contributed by atoms with van der Waals surface area (Å²) in [6, 6.07) is 10.4. The molecule has 0 saturated heterocycles. The number of carbonyl (C=O) groups excluding carboxylic acids is 2. The number of rotatable bonds is 7. The normalized spacial score (nSPS) is 11.3. The summed E-state index contributed by atoms with van der Waals surface area (Å²) in [5, 5.41) is 2.64. The van der Waals surface area contributed by atoms with Crippen LogP contribution in [0.5, 0.6) is 0 Å². The Hall–Kier alpha value is -2.95. The Balaban J connectivity index is 1.87. The van der Waals surface area contributed by atoms with Crippen molar-refractivity contribution < 1.29 is 22.7 Å². The van der Waals surface area contributed by atoms with Crippen molar-refractivity contribution in [1.82, 2.24) is 4.57 Å². The zero-order valence-corrected chi connectivity index (χ0v) is 20.4. The van der Waals surface area contributed by atoms with Gasteiger partial charge in [0.25, 0.3) is 5.56 Å². The molecule has 1 N–H and O–H groups in total. The Morgan fingerprint density at radius 1 is 1.12 bits per heavy atom. The van der Waals surface area contributed by atoms with Crippen molar-refractivity contribution in [1.29, 1.82) is 0 Å². The largest absolute Gasteiger partial charge is 0.462 e. The molecule has 11 heteroatoms. The number of aryl methyl sites for hydroxylation is 2. The number of halogens is 1. The SMILES string of the molecule is CCOC(=O)c1ccc(NC(=O)Cn2c(C)cc(C)c(S(=O)(=O)c3ccc(Cl)s3)c2=O)cc1. The highest BCUT2D eigenvalue weighted by Gasteiger charge is 2.27. The molecule has 0 atom stereocenters. The van der Waals surface area contributed by atoms with E-state index in [0.717, 1.165) is 15.9 Å². The van der Waals surface area contributed by atoms with E-state index in [2.05, 4.69) is 5.32 Å². The topological polar surface area (TPSA) is 112 Å². The third-order valence-electron chi connectivity index (χ3n) is 4.71. The van der Waals surface area contributed by atoms with Crippen molar-refractivity contribution in [3.8, 4) is 0 Å². The van der Waals surface area contributed by atoms with Crippen molar-refractivity contribution in [2.75, 3.05) is 11.9 Å². The number of carbonyl (C=O) groups is 2. The third-order valence-corrected chi connectivity index (χ3v) is 8.35. The highest BCUT2D eigenvalue weighted by atomic mass is 35.5. The lowest BCUT2D eigenvalue weighted by molar-refractivity contribution is -0.116. The summed E-state index contributed by atoms with van der Waals surface area (Å²) in [6.45, 7) is 4.71. The van der Waals surface area contributed by atoms with E-state index < -0.39 is 38.7 Å². The molecule has 0 aliphatic rings. The Morgan fingerprint density at radius 2 is 1.79 bits per heavy atom. The first-order valence-corrected chi connectivity index (χ1v) is 12.5. The van der Waals surface area contributed by atoms with Gasteiger partial charge in [-0.05, 0) is 68.8 Å². The van der Waals surface area contributed by atoms with Gasteiger partial charge in [-0.25, -0.2) is 13.2 Å². The average molecular weight is 509 g/mol. The number of esters is 1. The first kappa shape index (κ1) is 24.7. The number of thiophene rings is 1. The first-order valence-electron chi connectivity index (χ1n) is 9.83. The van der Waals surface area contributed by atoms with Crippen LogP contribution in [0, 0.1) is 13.8 Å². The van der Waals surface area contributed by atoms with Gasteiger partial charge in [0, 0.05) is 11.4 Å². The molecule has 33 heavy (non-hydrogen) atoms. The number of aromatic nitrogens is 1. The highest BCUT2D eigenvalue weighted by Crippen LogP contribution is 2.30. The second kappa shape index (κ2) is 9.90. The van der Waals surface area contributed by atoms with Gasteiger partial charge in [0.05, 0.1) is 16.5 Å². The van der Waals surface area contributed by atoms with Crippen LogP contribution in [-0.4, -0.2) is 31.5 Å². The van der Waals surface area contributed by atoms with Crippen molar-refractivity contribution in [2.45, 2.75) is 36.4 Å². The van der Waals surface area contributed by atoms with E-state index in [1.165, 1.54) is 43.3 Å². The number of amides is 1. The van der Waals surface area contributed by atoms with E-state index in [4.69, 9.17) is 16.3 Å². The van der Waals surface area contributed by atoms with Gasteiger partial charge < -0.3 is 14.6 Å². The van der Waals surface area contributed by atoms with Crippen LogP contribution >= 0.6 is 22.9 Å². The molecule has 2 heterocycles. The molecule has 0 bridgehead atoms. The zero-order valence-electron chi connectivity index (χ0n) is 18.0. The van der Waals surface area contributed by atoms with Crippen molar-refractivity contribution in [3.05, 3.63) is 74.0 Å². The van der Waals surface area contributed by atoms with E-state index in [9.17, 15) is 22.8 Å². The maximum absolute atomic E-state index is 13.1. The zero-order chi connectivity index (χ0) is 24.3. The van der Waals surface area contributed by atoms with Gasteiger partial charge in [-0.1, -0.05) is 11.6 Å². The van der Waals surface area contributed by atoms with Crippen molar-refractivity contribution in [3.63, 3.8) is 0 Å². The second-order valence-corrected chi connectivity index (χ2v) is 10.9. The quantitative estimate of drug-likeness (QED) is 0.485. The van der Waals surface area contributed by atoms with Gasteiger partial charge in [0.1, 0.15) is 15.6 Å². The summed E-state index contributed by atoms with van der Waals surface area (Å²) in [5.74, 6) is -1.01. The minimum absolute atomic E-state index is 0.0470. The first-order chi connectivity index (χ1) is 15.5. The molecule has 3 rings (SSSR count). The fourth-order valence-electron chi connectivity index (χ4n) is 3.22. The smallest absolute Gasteiger partial charge is 0.338 e. The van der Waals surface area contributed by atoms with Crippen LogP contribution in [0.15, 0.2) is 56.4 Å². The minimum Gasteiger partial charge on any atom is -0.462 e. The highest BCUT2D eigenvalue weighted by molar-refractivity contribution is 7.93. The van der Waals surface area contributed by atoms with Gasteiger partial charge in [-0.3, -0.25) is 9.59 Å². The number of hydrogen-bond acceptors (Lipinski definition) is 7. The molecule has 0 saturated carbocycles. The molecule has 1 aromatic carbocycles. The fourth-order valence-corrected chi connectivity index (χ4v) is 6.37. The predicted molar refractivity (Wildman–Crippen MR) is 126 cm³/mol. The summed E-state index contributed by atoms with van der Waals surface area (Å²) in [5.41, 5.74) is 0.683. The summed E-state index contributed by atoms with van der Waals surface area (Å²) < 4.78 is 32.4. The molecule has 174 valence electrons. The molecule has 1 amide bonds. The fraction of sp³-hybridized carbons (Fsp3) is 0.227. The number of pyridine rings is 1. The monoisotopic (exact) mass is 508 g/mol. The van der Waals surface area contributed by atoms with Gasteiger partial charge in [0.15, 0.2) is 0 Å². The minimum atomic E-state index is -4.11. The Kier molecular flexibility index (Phi) is 7.41. The van der Waals surface area contributed by atoms with E-state index >= 15 is 0 Å². The van der Waals surface area contributed by atoms with Gasteiger partial charge >= 0.3 is 5.97 Å². The van der Waals surface area contributed by atoms with E-state index in [1.807, 2.05) is 0 Å². The van der Waals surface area contributed by atoms with Gasteiger partial charge in [-0.2, -0.15) is 0 Å². The Labute approximate surface area is 199 Å². The number of nitrogens with zero attached hydrogens (tertiary/aromatic N) is 1. The van der Waals surface area contributed by atoms with Crippen LogP contribution in [0.4, 0.5) is 5.69 Å². The van der Waals surface area contributed by atoms with E-state index in [0.29, 0.717) is 16.9 Å². The lowest BCUT2D eigenvalue weighted by Crippen LogP contribution is -2.33. The summed E-state index contributed by atoms with van der Waals surface area (Å²) in [6.07, 6.45) is 0. The lowest BCUT2D eigenvalue weighted by atomic mass is 10.2. The average Bonchev–Trinajstić information content (AvgIpc) is 3.19. The number of benzene rings is 1. The lowest BCUT2D eigenvalue weighted by Gasteiger charge is -2.14. The van der Waals surface area contributed by atoms with Crippen LogP contribution in [0.2, 0.25) is 4.34 Å². The molecule has 0 unspecified atom stereocenters. The number of ether oxygens (including phenoxy) is 1. The number of anilines is 1. The van der Waals surface area contributed by atoms with E-state index in [1.54, 1.807) is 19.9 Å². The second-order valence-electron chi connectivity index (χ2n) is 7.10. The molecule has 2 aromatic heterocycles. The predicted octanol–water partition coefficient (Wildman–Crippen LogP) is 3.83. The number of nitrogens with one attached hydrogen (secondary N) is 1. The summed E-state index contributed by atoms with van der Waals surface area (Å²) in [4.78, 5) is 37.1. The molecule has 0 fully saturated rings. The molecule has 8 nitrogen and oxygen atoms in total. The molecular weight excluding hydrogens is 488 g/mol. The molecule has 0 spiro atoms. The third kappa shape index (κ3) is 5.35. The van der Waals surface area contributed by atoms with Gasteiger partial charge in [-0.15, -0.1) is 11.3 Å². The summed E-state index contributed by atoms with van der Waals surface area (Å²) in [7, 11) is -4.11. The molecule has 0 aliphatic carbocycles. The van der Waals surface area contributed by atoms with Crippen LogP contribution in [0.1, 0.15) is 28.5 Å². The maximum Gasteiger partial charge on any atom is 0.338 e. The van der Waals surface area contributed by atoms with Crippen LogP contribution in [-0.2, 0) is 25.9 Å². The Morgan fingerprint density at radius 3 is 2.36 bits per heavy atom. The van der Waals surface area contributed by atoms with Crippen molar-refractivity contribution >= 4 is 50.3 Å². The molecular formula is C22H21ClN2O6S2. The maximum atomic E-state index is 13.1. The number of sulfone groups is 1. The molecule has 0 radical (unpaired) electrons. The number of hydrogen-bond donors (Lipinski definition) is 1. The van der Waals surface area contributed by atoms with Crippen LogP contribution < -0.4 is 10.9 Å². The van der Waals surface area contributed by atoms with Crippen LogP contribution in [0.25, 0.3) is 0 Å². The standard InChI is InChI=1S/C22H21ClN2O6S2/c1-4-31-22(28)15-5-7-16(8-6-15)24-18(26)12-25-14(3)11-13(2)20(21(25)27)33(29,30)19-10-9-17(23)32-19/h5-11H,4,12H2,1-3H3,(H,24,26).